The maximum absolute atomic E-state index is 12.4. The van der Waals surface area contributed by atoms with Crippen molar-refractivity contribution in [1.82, 2.24) is 4.90 Å². The van der Waals surface area contributed by atoms with Gasteiger partial charge in [-0.1, -0.05) is 18.2 Å². The van der Waals surface area contributed by atoms with Crippen LogP contribution in [0.25, 0.3) is 0 Å². The molecule has 28 heavy (non-hydrogen) atoms. The first-order valence-electron chi connectivity index (χ1n) is 9.13. The molecule has 0 aliphatic carbocycles. The van der Waals surface area contributed by atoms with E-state index >= 15 is 0 Å². The summed E-state index contributed by atoms with van der Waals surface area (Å²) in [4.78, 5) is 39.9. The molecule has 0 atom stereocenters. The van der Waals surface area contributed by atoms with E-state index in [1.807, 2.05) is 18.2 Å². The SMILES string of the molecule is COC(=O)c1ccc(NC(=O)CC(=O)N2CCN(c3ccccc3)CC2)cc1. The molecule has 0 radical (unpaired) electrons. The number of nitrogens with zero attached hydrogens (tertiary/aromatic N) is 2. The number of rotatable bonds is 5. The lowest BCUT2D eigenvalue weighted by atomic mass is 10.2. The smallest absolute Gasteiger partial charge is 0.337 e. The number of hydrogen-bond acceptors (Lipinski definition) is 5. The van der Waals surface area contributed by atoms with Crippen LogP contribution in [0.3, 0.4) is 0 Å². The fraction of sp³-hybridized carbons (Fsp3) is 0.286. The lowest BCUT2D eigenvalue weighted by molar-refractivity contribution is -0.134. The molecule has 1 heterocycles. The molecule has 0 unspecified atom stereocenters. The lowest BCUT2D eigenvalue weighted by Gasteiger charge is -2.36. The largest absolute Gasteiger partial charge is 0.465 e. The van der Waals surface area contributed by atoms with Gasteiger partial charge in [0, 0.05) is 37.6 Å². The third-order valence-corrected chi connectivity index (χ3v) is 4.66. The summed E-state index contributed by atoms with van der Waals surface area (Å²) < 4.78 is 4.63. The van der Waals surface area contributed by atoms with E-state index in [0.717, 1.165) is 18.8 Å². The fourth-order valence-electron chi connectivity index (χ4n) is 3.11. The highest BCUT2D eigenvalue weighted by molar-refractivity contribution is 6.03. The Morgan fingerprint density at radius 3 is 2.18 bits per heavy atom. The van der Waals surface area contributed by atoms with E-state index in [1.165, 1.54) is 7.11 Å². The Bertz CT molecular complexity index is 828. The monoisotopic (exact) mass is 381 g/mol. The average molecular weight is 381 g/mol. The van der Waals surface area contributed by atoms with Crippen molar-refractivity contribution in [2.75, 3.05) is 43.5 Å². The van der Waals surface area contributed by atoms with Gasteiger partial charge in [0.05, 0.1) is 12.7 Å². The molecule has 1 N–H and O–H groups in total. The molecule has 2 aromatic carbocycles. The maximum Gasteiger partial charge on any atom is 0.337 e. The molecule has 146 valence electrons. The predicted molar refractivity (Wildman–Crippen MR) is 106 cm³/mol. The molecular formula is C21H23N3O4. The summed E-state index contributed by atoms with van der Waals surface area (Å²) >= 11 is 0. The van der Waals surface area contributed by atoms with Gasteiger partial charge in [-0.3, -0.25) is 9.59 Å². The number of benzene rings is 2. The molecule has 1 aliphatic heterocycles. The number of amides is 2. The first-order chi connectivity index (χ1) is 13.6. The Labute approximate surface area is 163 Å². The molecule has 0 aromatic heterocycles. The van der Waals surface area contributed by atoms with Crippen molar-refractivity contribution < 1.29 is 19.1 Å². The van der Waals surface area contributed by atoms with Crippen LogP contribution in [0.5, 0.6) is 0 Å². The number of anilines is 2. The minimum atomic E-state index is -0.442. The fourth-order valence-corrected chi connectivity index (χ4v) is 3.11. The molecule has 7 heteroatoms. The average Bonchev–Trinajstić information content (AvgIpc) is 2.74. The minimum absolute atomic E-state index is 0.184. The Morgan fingerprint density at radius 1 is 0.929 bits per heavy atom. The molecule has 3 rings (SSSR count). The van der Waals surface area contributed by atoms with E-state index in [9.17, 15) is 14.4 Å². The van der Waals surface area contributed by atoms with Crippen molar-refractivity contribution in [3.63, 3.8) is 0 Å². The lowest BCUT2D eigenvalue weighted by Crippen LogP contribution is -2.49. The Morgan fingerprint density at radius 2 is 1.57 bits per heavy atom. The van der Waals surface area contributed by atoms with E-state index in [4.69, 9.17) is 0 Å². The van der Waals surface area contributed by atoms with Crippen molar-refractivity contribution in [2.24, 2.45) is 0 Å². The number of carbonyl (C=O) groups excluding carboxylic acids is 3. The normalized spacial score (nSPS) is 13.8. The summed E-state index contributed by atoms with van der Waals surface area (Å²) in [6, 6.07) is 16.4. The molecule has 2 amide bonds. The highest BCUT2D eigenvalue weighted by atomic mass is 16.5. The van der Waals surface area contributed by atoms with Crippen LogP contribution in [0.2, 0.25) is 0 Å². The number of para-hydroxylation sites is 1. The van der Waals surface area contributed by atoms with Gasteiger partial charge in [0.25, 0.3) is 0 Å². The zero-order valence-corrected chi connectivity index (χ0v) is 15.8. The third-order valence-electron chi connectivity index (χ3n) is 4.66. The molecule has 0 spiro atoms. The second-order valence-electron chi connectivity index (χ2n) is 6.50. The number of nitrogens with one attached hydrogen (secondary N) is 1. The van der Waals surface area contributed by atoms with Gasteiger partial charge < -0.3 is 19.9 Å². The second kappa shape index (κ2) is 9.03. The Balaban J connectivity index is 1.47. The van der Waals surface area contributed by atoms with Gasteiger partial charge in [-0.15, -0.1) is 0 Å². The van der Waals surface area contributed by atoms with Gasteiger partial charge in [0.2, 0.25) is 11.8 Å². The van der Waals surface area contributed by atoms with Crippen LogP contribution in [-0.2, 0) is 14.3 Å². The molecule has 1 fully saturated rings. The maximum atomic E-state index is 12.4. The van der Waals surface area contributed by atoms with Crippen LogP contribution in [0.1, 0.15) is 16.8 Å². The van der Waals surface area contributed by atoms with Crippen molar-refractivity contribution in [3.8, 4) is 0 Å². The standard InChI is InChI=1S/C21H23N3O4/c1-28-21(27)16-7-9-17(10-8-16)22-19(25)15-20(26)24-13-11-23(12-14-24)18-5-3-2-4-6-18/h2-10H,11-15H2,1H3,(H,22,25). The molecule has 2 aromatic rings. The topological polar surface area (TPSA) is 78.9 Å². The van der Waals surface area contributed by atoms with E-state index in [1.54, 1.807) is 29.2 Å². The molecule has 0 saturated carbocycles. The summed E-state index contributed by atoms with van der Waals surface area (Å²) in [5, 5.41) is 2.68. The minimum Gasteiger partial charge on any atom is -0.465 e. The van der Waals surface area contributed by atoms with Gasteiger partial charge in [-0.25, -0.2) is 4.79 Å². The predicted octanol–water partition coefficient (Wildman–Crippen LogP) is 2.15. The summed E-state index contributed by atoms with van der Waals surface area (Å²) in [5.41, 5.74) is 2.06. The van der Waals surface area contributed by atoms with Crippen LogP contribution in [0, 0.1) is 0 Å². The van der Waals surface area contributed by atoms with E-state index in [0.29, 0.717) is 24.3 Å². The zero-order chi connectivity index (χ0) is 19.9. The molecular weight excluding hydrogens is 358 g/mol. The second-order valence-corrected chi connectivity index (χ2v) is 6.50. The van der Waals surface area contributed by atoms with Crippen molar-refractivity contribution in [3.05, 3.63) is 60.2 Å². The summed E-state index contributed by atoms with van der Waals surface area (Å²) in [7, 11) is 1.31. The van der Waals surface area contributed by atoms with Crippen molar-refractivity contribution in [2.45, 2.75) is 6.42 Å². The first-order valence-corrected chi connectivity index (χ1v) is 9.13. The Kier molecular flexibility index (Phi) is 6.26. The van der Waals surface area contributed by atoms with Crippen molar-refractivity contribution in [1.29, 1.82) is 0 Å². The van der Waals surface area contributed by atoms with Crippen LogP contribution in [0.4, 0.5) is 11.4 Å². The summed E-state index contributed by atoms with van der Waals surface area (Å²) in [5.74, 6) is -1.000. The van der Waals surface area contributed by atoms with Gasteiger partial charge in [0.1, 0.15) is 6.42 Å². The quantitative estimate of drug-likeness (QED) is 0.634. The number of esters is 1. The van der Waals surface area contributed by atoms with Gasteiger partial charge in [-0.2, -0.15) is 0 Å². The van der Waals surface area contributed by atoms with E-state index in [2.05, 4.69) is 27.1 Å². The Hall–Kier alpha value is -3.35. The van der Waals surface area contributed by atoms with E-state index < -0.39 is 5.97 Å². The van der Waals surface area contributed by atoms with Crippen LogP contribution in [0.15, 0.2) is 54.6 Å². The van der Waals surface area contributed by atoms with Gasteiger partial charge >= 0.3 is 5.97 Å². The highest BCUT2D eigenvalue weighted by Gasteiger charge is 2.23. The molecule has 7 nitrogen and oxygen atoms in total. The van der Waals surface area contributed by atoms with Crippen LogP contribution >= 0.6 is 0 Å². The van der Waals surface area contributed by atoms with Crippen LogP contribution < -0.4 is 10.2 Å². The number of methoxy groups -OCH3 is 1. The van der Waals surface area contributed by atoms with Gasteiger partial charge in [0.15, 0.2) is 0 Å². The van der Waals surface area contributed by atoms with E-state index in [-0.39, 0.29) is 18.2 Å². The van der Waals surface area contributed by atoms with Crippen LogP contribution in [-0.4, -0.2) is 56.0 Å². The number of hydrogen-bond donors (Lipinski definition) is 1. The zero-order valence-electron chi connectivity index (χ0n) is 15.8. The van der Waals surface area contributed by atoms with Gasteiger partial charge in [-0.05, 0) is 36.4 Å². The molecule has 1 aliphatic rings. The molecule has 1 saturated heterocycles. The summed E-state index contributed by atoms with van der Waals surface area (Å²) in [6.45, 7) is 2.67. The first kappa shape index (κ1) is 19.4. The van der Waals surface area contributed by atoms with Crippen molar-refractivity contribution >= 4 is 29.2 Å². The number of ether oxygens (including phenoxy) is 1. The number of piperazine rings is 1. The third kappa shape index (κ3) is 4.88. The molecule has 0 bridgehead atoms. The number of carbonyl (C=O) groups is 3. The highest BCUT2D eigenvalue weighted by Crippen LogP contribution is 2.16. The summed E-state index contributed by atoms with van der Waals surface area (Å²) in [6.07, 6.45) is -0.204.